The third kappa shape index (κ3) is 4.73. The van der Waals surface area contributed by atoms with Gasteiger partial charge in [-0.2, -0.15) is 5.10 Å². The van der Waals surface area contributed by atoms with Crippen molar-refractivity contribution in [3.05, 3.63) is 12.4 Å². The fourth-order valence-electron chi connectivity index (χ4n) is 1.30. The lowest BCUT2D eigenvalue weighted by molar-refractivity contribution is -0.137. The smallest absolute Gasteiger partial charge is 0.324 e. The number of nitrogens with zero attached hydrogens (tertiary/aromatic N) is 4. The van der Waals surface area contributed by atoms with Gasteiger partial charge < -0.3 is 10.0 Å². The topological polar surface area (TPSA) is 108 Å². The van der Waals surface area contributed by atoms with Crippen molar-refractivity contribution in [1.82, 2.24) is 20.1 Å². The molecule has 2 amide bonds. The molecule has 0 radical (unpaired) electrons. The monoisotopic (exact) mass is 253 g/mol. The normalized spacial score (nSPS) is 10.2. The predicted octanol–water partition coefficient (Wildman–Crippen LogP) is 0.446. The lowest BCUT2D eigenvalue weighted by Gasteiger charge is -2.22. The largest absolute Gasteiger partial charge is 0.480 e. The zero-order valence-corrected chi connectivity index (χ0v) is 10.2. The third-order valence-electron chi connectivity index (χ3n) is 1.90. The van der Waals surface area contributed by atoms with Crippen molar-refractivity contribution in [3.63, 3.8) is 0 Å². The van der Waals surface area contributed by atoms with E-state index in [1.54, 1.807) is 0 Å². The molecule has 0 unspecified atom stereocenters. The highest BCUT2D eigenvalue weighted by molar-refractivity contribution is 5.89. The molecule has 0 atom stereocenters. The quantitative estimate of drug-likeness (QED) is 0.788. The van der Waals surface area contributed by atoms with Gasteiger partial charge in [-0.15, -0.1) is 5.10 Å². The minimum Gasteiger partial charge on any atom is -0.480 e. The van der Waals surface area contributed by atoms with Crippen molar-refractivity contribution < 1.29 is 14.7 Å². The minimum atomic E-state index is -1.07. The number of amides is 2. The Labute approximate surface area is 104 Å². The molecular formula is C10H15N5O3. The Morgan fingerprint density at radius 1 is 1.44 bits per heavy atom. The van der Waals surface area contributed by atoms with E-state index >= 15 is 0 Å². The molecule has 0 fully saturated rings. The maximum absolute atomic E-state index is 11.8. The number of urea groups is 1. The Bertz CT molecular complexity index is 409. The van der Waals surface area contributed by atoms with E-state index in [0.717, 1.165) is 0 Å². The van der Waals surface area contributed by atoms with Crippen molar-refractivity contribution in [3.8, 4) is 0 Å². The predicted molar refractivity (Wildman–Crippen MR) is 62.9 cm³/mol. The number of aliphatic carboxylic acids is 1. The van der Waals surface area contributed by atoms with E-state index in [2.05, 4.69) is 20.5 Å². The number of hydrogen-bond acceptors (Lipinski definition) is 5. The van der Waals surface area contributed by atoms with Gasteiger partial charge in [0.15, 0.2) is 0 Å². The van der Waals surface area contributed by atoms with Gasteiger partial charge in [-0.1, -0.05) is 13.8 Å². The van der Waals surface area contributed by atoms with E-state index in [9.17, 15) is 9.59 Å². The van der Waals surface area contributed by atoms with Crippen LogP contribution in [0.25, 0.3) is 0 Å². The molecule has 18 heavy (non-hydrogen) atoms. The summed E-state index contributed by atoms with van der Waals surface area (Å²) in [6.45, 7) is 3.74. The average molecular weight is 253 g/mol. The Balaban J connectivity index is 2.67. The summed E-state index contributed by atoms with van der Waals surface area (Å²) in [6.07, 6.45) is 2.76. The summed E-state index contributed by atoms with van der Waals surface area (Å²) in [5, 5.41) is 18.3. The first kappa shape index (κ1) is 13.8. The van der Waals surface area contributed by atoms with Gasteiger partial charge in [0.2, 0.25) is 0 Å². The highest BCUT2D eigenvalue weighted by Crippen LogP contribution is 2.02. The van der Waals surface area contributed by atoms with Crippen LogP contribution in [0.4, 0.5) is 10.7 Å². The number of carbonyl (C=O) groups is 2. The van der Waals surface area contributed by atoms with Gasteiger partial charge in [0.25, 0.3) is 5.95 Å². The van der Waals surface area contributed by atoms with E-state index in [-0.39, 0.29) is 18.4 Å². The lowest BCUT2D eigenvalue weighted by Crippen LogP contribution is -2.41. The molecule has 0 saturated heterocycles. The summed E-state index contributed by atoms with van der Waals surface area (Å²) in [5.41, 5.74) is 0. The molecule has 1 aromatic rings. The van der Waals surface area contributed by atoms with Gasteiger partial charge in [-0.3, -0.25) is 10.1 Å². The number of aromatic nitrogens is 3. The zero-order chi connectivity index (χ0) is 13.5. The van der Waals surface area contributed by atoms with Crippen LogP contribution < -0.4 is 5.32 Å². The molecule has 0 bridgehead atoms. The summed E-state index contributed by atoms with van der Waals surface area (Å²) in [6, 6.07) is -0.556. The SMILES string of the molecule is CC(C)CN(CC(=O)O)C(=O)Nc1nccnn1. The van der Waals surface area contributed by atoms with Gasteiger partial charge in [-0.25, -0.2) is 9.78 Å². The summed E-state index contributed by atoms with van der Waals surface area (Å²) in [7, 11) is 0. The van der Waals surface area contributed by atoms with Crippen LogP contribution in [0, 0.1) is 5.92 Å². The molecule has 8 heteroatoms. The minimum absolute atomic E-state index is 0.0432. The van der Waals surface area contributed by atoms with Gasteiger partial charge in [0.1, 0.15) is 6.54 Å². The van der Waals surface area contributed by atoms with Crippen molar-refractivity contribution >= 4 is 17.9 Å². The molecule has 0 aliphatic carbocycles. The molecule has 0 spiro atoms. The fourth-order valence-corrected chi connectivity index (χ4v) is 1.30. The number of hydrogen-bond donors (Lipinski definition) is 2. The van der Waals surface area contributed by atoms with Crippen LogP contribution in [-0.4, -0.2) is 50.3 Å². The van der Waals surface area contributed by atoms with Crippen LogP contribution in [-0.2, 0) is 4.79 Å². The third-order valence-corrected chi connectivity index (χ3v) is 1.90. The van der Waals surface area contributed by atoms with Crippen molar-refractivity contribution in [2.24, 2.45) is 5.92 Å². The van der Waals surface area contributed by atoms with Crippen molar-refractivity contribution in [2.75, 3.05) is 18.4 Å². The first-order valence-corrected chi connectivity index (χ1v) is 5.40. The van der Waals surface area contributed by atoms with E-state index in [4.69, 9.17) is 5.11 Å². The Kier molecular flexibility index (Phi) is 4.97. The molecule has 0 aliphatic heterocycles. The van der Waals surface area contributed by atoms with Crippen LogP contribution >= 0.6 is 0 Å². The number of carboxylic acid groups (broad SMARTS) is 1. The number of anilines is 1. The molecule has 8 nitrogen and oxygen atoms in total. The summed E-state index contributed by atoms with van der Waals surface area (Å²) in [5.74, 6) is -0.871. The van der Waals surface area contributed by atoms with E-state index in [1.165, 1.54) is 17.3 Å². The second-order valence-electron chi connectivity index (χ2n) is 4.06. The van der Waals surface area contributed by atoms with Gasteiger partial charge in [0, 0.05) is 6.54 Å². The van der Waals surface area contributed by atoms with Gasteiger partial charge >= 0.3 is 12.0 Å². The summed E-state index contributed by atoms with van der Waals surface area (Å²) >= 11 is 0. The second-order valence-corrected chi connectivity index (χ2v) is 4.06. The van der Waals surface area contributed by atoms with Crippen LogP contribution in [0.2, 0.25) is 0 Å². The molecule has 1 aromatic heterocycles. The van der Waals surface area contributed by atoms with Crippen LogP contribution in [0.1, 0.15) is 13.8 Å². The first-order valence-electron chi connectivity index (χ1n) is 5.40. The molecule has 0 aliphatic rings. The molecular weight excluding hydrogens is 238 g/mol. The zero-order valence-electron chi connectivity index (χ0n) is 10.2. The number of rotatable bonds is 5. The summed E-state index contributed by atoms with van der Waals surface area (Å²) < 4.78 is 0. The van der Waals surface area contributed by atoms with Crippen LogP contribution in [0.3, 0.4) is 0 Å². The Morgan fingerprint density at radius 2 is 2.17 bits per heavy atom. The molecule has 2 N–H and O–H groups in total. The fraction of sp³-hybridized carbons (Fsp3) is 0.500. The maximum Gasteiger partial charge on any atom is 0.324 e. The second kappa shape index (κ2) is 6.48. The standard InChI is InChI=1S/C10H15N5O3/c1-7(2)5-15(6-8(16)17)10(18)13-9-11-3-4-12-14-9/h3-4,7H,5-6H2,1-2H3,(H,16,17)(H,11,13,14,18). The lowest BCUT2D eigenvalue weighted by atomic mass is 10.2. The van der Waals surface area contributed by atoms with Crippen LogP contribution in [0.15, 0.2) is 12.4 Å². The average Bonchev–Trinajstić information content (AvgIpc) is 2.28. The highest BCUT2D eigenvalue weighted by atomic mass is 16.4. The van der Waals surface area contributed by atoms with Crippen molar-refractivity contribution in [1.29, 1.82) is 0 Å². The van der Waals surface area contributed by atoms with Crippen LogP contribution in [0.5, 0.6) is 0 Å². The molecule has 1 rings (SSSR count). The van der Waals surface area contributed by atoms with E-state index in [0.29, 0.717) is 6.54 Å². The first-order chi connectivity index (χ1) is 8.49. The van der Waals surface area contributed by atoms with E-state index in [1.807, 2.05) is 13.8 Å². The van der Waals surface area contributed by atoms with Crippen molar-refractivity contribution in [2.45, 2.75) is 13.8 Å². The maximum atomic E-state index is 11.8. The van der Waals surface area contributed by atoms with Gasteiger partial charge in [0.05, 0.1) is 12.4 Å². The molecule has 0 aromatic carbocycles. The Hall–Kier alpha value is -2.25. The molecule has 0 saturated carbocycles. The van der Waals surface area contributed by atoms with E-state index < -0.39 is 12.0 Å². The molecule has 1 heterocycles. The summed E-state index contributed by atoms with van der Waals surface area (Å²) in [4.78, 5) is 27.5. The molecule has 98 valence electrons. The number of nitrogens with one attached hydrogen (secondary N) is 1. The number of carboxylic acids is 1. The van der Waals surface area contributed by atoms with Gasteiger partial charge in [-0.05, 0) is 5.92 Å². The Morgan fingerprint density at radius 3 is 2.67 bits per heavy atom. The number of carbonyl (C=O) groups excluding carboxylic acids is 1. The highest BCUT2D eigenvalue weighted by Gasteiger charge is 2.18.